The normalized spacial score (nSPS) is 12.5. The van der Waals surface area contributed by atoms with Crippen LogP contribution in [0.2, 0.25) is 0 Å². The summed E-state index contributed by atoms with van der Waals surface area (Å²) in [6.45, 7) is 3.90. The van der Waals surface area contributed by atoms with Crippen LogP contribution in [0.5, 0.6) is 0 Å². The highest BCUT2D eigenvalue weighted by Crippen LogP contribution is 2.10. The number of aromatic nitrogens is 1. The van der Waals surface area contributed by atoms with Crippen molar-refractivity contribution in [2.45, 2.75) is 51.3 Å². The van der Waals surface area contributed by atoms with Gasteiger partial charge in [0.1, 0.15) is 25.0 Å². The van der Waals surface area contributed by atoms with Crippen LogP contribution >= 0.6 is 0 Å². The molecule has 0 spiro atoms. The predicted octanol–water partition coefficient (Wildman–Crippen LogP) is 3.59. The fourth-order valence-corrected chi connectivity index (χ4v) is 3.75. The molecule has 1 unspecified atom stereocenters. The summed E-state index contributed by atoms with van der Waals surface area (Å²) in [5.74, 6) is -3.91. The summed E-state index contributed by atoms with van der Waals surface area (Å²) in [5, 5.41) is 23.2. The number of carbonyl (C=O) groups excluding carboxylic acids is 3. The molecule has 222 valence electrons. The number of carbonyl (C=O) groups is 5. The number of aliphatic carboxylic acids is 2. The Morgan fingerprint density at radius 1 is 0.810 bits per heavy atom. The first-order valence-corrected chi connectivity index (χ1v) is 13.2. The number of ether oxygens (including phenoxy) is 1. The van der Waals surface area contributed by atoms with Gasteiger partial charge in [0, 0.05) is 12.6 Å². The average molecular weight is 578 g/mol. The molecule has 0 aliphatic carbocycles. The molecule has 3 aromatic rings. The fourth-order valence-electron chi connectivity index (χ4n) is 3.75. The zero-order chi connectivity index (χ0) is 30.9. The number of nitrogens with zero attached hydrogens (tertiary/aromatic N) is 1. The number of aldehydes is 1. The highest BCUT2D eigenvalue weighted by Gasteiger charge is 2.28. The predicted molar refractivity (Wildman–Crippen MR) is 153 cm³/mol. The Hall–Kier alpha value is -5.06. The van der Waals surface area contributed by atoms with Crippen molar-refractivity contribution in [3.8, 4) is 0 Å². The van der Waals surface area contributed by atoms with E-state index >= 15 is 0 Å². The van der Waals surface area contributed by atoms with Crippen LogP contribution < -0.4 is 10.6 Å². The summed E-state index contributed by atoms with van der Waals surface area (Å²) in [5.41, 5.74) is 1.88. The van der Waals surface area contributed by atoms with Crippen LogP contribution in [0, 0.1) is 5.92 Å². The molecular formula is C31H35N3O8. The average Bonchev–Trinajstić information content (AvgIpc) is 2.97. The number of benzene rings is 2. The number of alkyl carbamates (subject to hydrolysis) is 1. The van der Waals surface area contributed by atoms with Crippen LogP contribution in [0.1, 0.15) is 43.0 Å². The largest absolute Gasteiger partial charge is 0.480 e. The van der Waals surface area contributed by atoms with E-state index < -0.39 is 41.9 Å². The first kappa shape index (κ1) is 33.1. The Labute approximate surface area is 243 Å². The van der Waals surface area contributed by atoms with E-state index in [1.54, 1.807) is 24.3 Å². The summed E-state index contributed by atoms with van der Waals surface area (Å²) in [7, 11) is 0. The van der Waals surface area contributed by atoms with Crippen molar-refractivity contribution >= 4 is 30.2 Å². The van der Waals surface area contributed by atoms with Crippen LogP contribution in [-0.4, -0.2) is 57.5 Å². The standard InChI is InChI=1S/C23H28N2O5.C8H7NO3/c1-16(2)13-19(25-23(29)30-15-18-11-7-4-8-12-18)21(26)24-20(22(27)28)14-17-9-5-3-6-10-17;10-5-6(8(11)12)7-3-1-2-4-9-7/h3-12,16,19-20H,13-15H2,1-2H3,(H,24,26)(H,25,29)(H,27,28);1-6H,(H,11,12)/t19-,20-;/m0./s1. The van der Waals surface area contributed by atoms with E-state index in [1.807, 2.05) is 62.4 Å². The molecule has 0 bridgehead atoms. The van der Waals surface area contributed by atoms with Crippen LogP contribution in [0.15, 0.2) is 85.1 Å². The smallest absolute Gasteiger partial charge is 0.408 e. The molecule has 0 aliphatic heterocycles. The number of hydrogen-bond donors (Lipinski definition) is 4. The lowest BCUT2D eigenvalue weighted by molar-refractivity contribution is -0.142. The van der Waals surface area contributed by atoms with Gasteiger partial charge in [-0.05, 0) is 35.6 Å². The molecule has 2 amide bonds. The van der Waals surface area contributed by atoms with Gasteiger partial charge in [-0.15, -0.1) is 0 Å². The quantitative estimate of drug-likeness (QED) is 0.175. The number of hydrogen-bond acceptors (Lipinski definition) is 7. The number of carboxylic acids is 2. The Morgan fingerprint density at radius 3 is 1.90 bits per heavy atom. The van der Waals surface area contributed by atoms with Gasteiger partial charge >= 0.3 is 18.0 Å². The van der Waals surface area contributed by atoms with Gasteiger partial charge in [-0.2, -0.15) is 0 Å². The molecule has 11 nitrogen and oxygen atoms in total. The minimum Gasteiger partial charge on any atom is -0.480 e. The van der Waals surface area contributed by atoms with Crippen LogP contribution in [0.3, 0.4) is 0 Å². The summed E-state index contributed by atoms with van der Waals surface area (Å²) in [4.78, 5) is 61.1. The summed E-state index contributed by atoms with van der Waals surface area (Å²) in [6, 6.07) is 21.0. The Bertz CT molecular complexity index is 1290. The van der Waals surface area contributed by atoms with Crippen molar-refractivity contribution in [1.29, 1.82) is 0 Å². The zero-order valence-corrected chi connectivity index (χ0v) is 23.4. The van der Waals surface area contributed by atoms with E-state index in [4.69, 9.17) is 9.84 Å². The number of pyridine rings is 1. The van der Waals surface area contributed by atoms with Gasteiger partial charge in [-0.1, -0.05) is 80.6 Å². The lowest BCUT2D eigenvalue weighted by Gasteiger charge is -2.22. The number of nitrogens with one attached hydrogen (secondary N) is 2. The van der Waals surface area contributed by atoms with Crippen LogP contribution in [0.25, 0.3) is 0 Å². The SMILES string of the molecule is CC(C)C[C@H](NC(=O)OCc1ccccc1)C(=O)N[C@@H](Cc1ccccc1)C(=O)O.O=CC(C(=O)O)c1ccccn1. The van der Waals surface area contributed by atoms with Gasteiger partial charge in [0.2, 0.25) is 5.91 Å². The van der Waals surface area contributed by atoms with Crippen molar-refractivity contribution in [2.75, 3.05) is 0 Å². The molecule has 1 aromatic heterocycles. The minimum absolute atomic E-state index is 0.0778. The number of amides is 2. The van der Waals surface area contributed by atoms with E-state index in [1.165, 1.54) is 12.3 Å². The number of carboxylic acid groups (broad SMARTS) is 2. The molecule has 3 atom stereocenters. The highest BCUT2D eigenvalue weighted by molar-refractivity contribution is 5.92. The molecule has 0 saturated heterocycles. The molecule has 11 heteroatoms. The fraction of sp³-hybridized carbons (Fsp3) is 0.290. The van der Waals surface area contributed by atoms with Gasteiger partial charge in [0.15, 0.2) is 5.92 Å². The van der Waals surface area contributed by atoms with Gasteiger partial charge in [0.25, 0.3) is 0 Å². The summed E-state index contributed by atoms with van der Waals surface area (Å²) < 4.78 is 5.19. The Kier molecular flexibility index (Phi) is 13.9. The van der Waals surface area contributed by atoms with Crippen molar-refractivity contribution < 1.29 is 38.9 Å². The molecule has 0 saturated carbocycles. The van der Waals surface area contributed by atoms with Crippen molar-refractivity contribution in [3.63, 3.8) is 0 Å². The van der Waals surface area contributed by atoms with Crippen LogP contribution in [0.4, 0.5) is 4.79 Å². The van der Waals surface area contributed by atoms with E-state index in [0.29, 0.717) is 12.7 Å². The van der Waals surface area contributed by atoms with Crippen molar-refractivity contribution in [2.24, 2.45) is 5.92 Å². The molecule has 0 aliphatic rings. The van der Waals surface area contributed by atoms with Gasteiger partial charge < -0.3 is 30.4 Å². The van der Waals surface area contributed by atoms with E-state index in [-0.39, 0.29) is 24.6 Å². The molecular weight excluding hydrogens is 542 g/mol. The molecule has 2 aromatic carbocycles. The first-order valence-electron chi connectivity index (χ1n) is 13.2. The third kappa shape index (κ3) is 12.0. The Morgan fingerprint density at radius 2 is 1.40 bits per heavy atom. The van der Waals surface area contributed by atoms with Crippen LogP contribution in [-0.2, 0) is 36.9 Å². The monoisotopic (exact) mass is 577 g/mol. The van der Waals surface area contributed by atoms with E-state index in [9.17, 15) is 29.1 Å². The molecule has 42 heavy (non-hydrogen) atoms. The second-order valence-corrected chi connectivity index (χ2v) is 9.68. The van der Waals surface area contributed by atoms with Crippen molar-refractivity contribution in [1.82, 2.24) is 15.6 Å². The lowest BCUT2D eigenvalue weighted by atomic mass is 10.0. The zero-order valence-electron chi connectivity index (χ0n) is 23.4. The lowest BCUT2D eigenvalue weighted by Crippen LogP contribution is -2.52. The maximum Gasteiger partial charge on any atom is 0.408 e. The maximum absolute atomic E-state index is 12.7. The Balaban J connectivity index is 0.000000428. The maximum atomic E-state index is 12.7. The second kappa shape index (κ2) is 17.6. The summed E-state index contributed by atoms with van der Waals surface area (Å²) >= 11 is 0. The molecule has 0 fully saturated rings. The highest BCUT2D eigenvalue weighted by atomic mass is 16.5. The van der Waals surface area contributed by atoms with E-state index in [0.717, 1.165) is 11.1 Å². The molecule has 0 radical (unpaired) electrons. The number of rotatable bonds is 13. The van der Waals surface area contributed by atoms with Crippen molar-refractivity contribution in [3.05, 3.63) is 102 Å². The van der Waals surface area contributed by atoms with E-state index in [2.05, 4.69) is 15.6 Å². The summed E-state index contributed by atoms with van der Waals surface area (Å²) in [6.07, 6.45) is 1.59. The molecule has 1 heterocycles. The molecule has 3 rings (SSSR count). The molecule has 4 N–H and O–H groups in total. The second-order valence-electron chi connectivity index (χ2n) is 9.68. The first-order chi connectivity index (χ1) is 20.1. The minimum atomic E-state index is -1.18. The van der Waals surface area contributed by atoms with Gasteiger partial charge in [-0.3, -0.25) is 14.6 Å². The third-order valence-corrected chi connectivity index (χ3v) is 5.83. The van der Waals surface area contributed by atoms with Gasteiger partial charge in [-0.25, -0.2) is 9.59 Å². The third-order valence-electron chi connectivity index (χ3n) is 5.83. The topological polar surface area (TPSA) is 172 Å². The van der Waals surface area contributed by atoms with Gasteiger partial charge in [0.05, 0.1) is 5.69 Å².